The Hall–Kier alpha value is -0.650. The van der Waals surface area contributed by atoms with E-state index in [1.807, 2.05) is 13.8 Å². The molecule has 0 bridgehead atoms. The summed E-state index contributed by atoms with van der Waals surface area (Å²) >= 11 is 0. The number of nitrogens with one attached hydrogen (secondary N) is 1. The third kappa shape index (κ3) is 3.77. The number of aliphatic hydroxyl groups is 1. The zero-order valence-electron chi connectivity index (χ0n) is 9.27. The van der Waals surface area contributed by atoms with Crippen molar-refractivity contribution in [3.8, 4) is 0 Å². The van der Waals surface area contributed by atoms with E-state index >= 15 is 0 Å². The summed E-state index contributed by atoms with van der Waals surface area (Å²) in [7, 11) is 0. The third-order valence-corrected chi connectivity index (χ3v) is 2.53. The Kier molecular flexibility index (Phi) is 4.50. The number of hydrogen-bond acceptors (Lipinski definition) is 4. The Morgan fingerprint density at radius 3 is 2.73 bits per heavy atom. The summed E-state index contributed by atoms with van der Waals surface area (Å²) in [6.45, 7) is 4.57. The molecule has 0 aromatic carbocycles. The molecule has 0 aromatic heterocycles. The van der Waals surface area contributed by atoms with Gasteiger partial charge in [0.15, 0.2) is 6.29 Å². The maximum Gasteiger partial charge on any atom is 0.234 e. The molecule has 1 unspecified atom stereocenters. The topological polar surface area (TPSA) is 84.6 Å². The van der Waals surface area contributed by atoms with Crippen molar-refractivity contribution in [2.24, 2.45) is 11.7 Å². The Labute approximate surface area is 90.0 Å². The van der Waals surface area contributed by atoms with Crippen LogP contribution in [0.5, 0.6) is 0 Å². The smallest absolute Gasteiger partial charge is 0.234 e. The lowest BCUT2D eigenvalue weighted by Crippen LogP contribution is -2.49. The highest BCUT2D eigenvalue weighted by Gasteiger charge is 2.30. The van der Waals surface area contributed by atoms with Gasteiger partial charge in [0.1, 0.15) is 0 Å². The van der Waals surface area contributed by atoms with Gasteiger partial charge in [-0.3, -0.25) is 10.1 Å². The molecular formula is C10H20N2O3. The van der Waals surface area contributed by atoms with Crippen LogP contribution >= 0.6 is 0 Å². The summed E-state index contributed by atoms with van der Waals surface area (Å²) in [5.74, 6) is 0.0114. The van der Waals surface area contributed by atoms with Gasteiger partial charge in [-0.15, -0.1) is 0 Å². The first-order valence-electron chi connectivity index (χ1n) is 5.35. The highest BCUT2D eigenvalue weighted by molar-refractivity contribution is 5.79. The molecular weight excluding hydrogens is 196 g/mol. The van der Waals surface area contributed by atoms with Gasteiger partial charge in [-0.1, -0.05) is 13.8 Å². The summed E-state index contributed by atoms with van der Waals surface area (Å²) in [6.07, 6.45) is 0.570. The van der Waals surface area contributed by atoms with Gasteiger partial charge in [0, 0.05) is 0 Å². The first-order valence-corrected chi connectivity index (χ1v) is 5.35. The molecule has 1 heterocycles. The van der Waals surface area contributed by atoms with Crippen molar-refractivity contribution < 1.29 is 14.6 Å². The van der Waals surface area contributed by atoms with E-state index in [2.05, 4.69) is 5.32 Å². The second kappa shape index (κ2) is 5.44. The van der Waals surface area contributed by atoms with E-state index < -0.39 is 6.29 Å². The molecule has 5 heteroatoms. The van der Waals surface area contributed by atoms with E-state index in [0.717, 1.165) is 0 Å². The van der Waals surface area contributed by atoms with E-state index in [1.165, 1.54) is 0 Å². The quantitative estimate of drug-likeness (QED) is 0.583. The van der Waals surface area contributed by atoms with Crippen LogP contribution in [0.25, 0.3) is 0 Å². The number of rotatable bonds is 5. The molecule has 15 heavy (non-hydrogen) atoms. The number of aliphatic hydroxyl groups excluding tert-OH is 1. The first-order chi connectivity index (χ1) is 7.00. The highest BCUT2D eigenvalue weighted by Crippen LogP contribution is 2.13. The molecule has 0 radical (unpaired) electrons. The summed E-state index contributed by atoms with van der Waals surface area (Å²) in [4.78, 5) is 11.2. The lowest BCUT2D eigenvalue weighted by atomic mass is 10.0. The van der Waals surface area contributed by atoms with Crippen LogP contribution in [0.2, 0.25) is 0 Å². The van der Waals surface area contributed by atoms with Gasteiger partial charge in [0.25, 0.3) is 0 Å². The first kappa shape index (κ1) is 12.4. The van der Waals surface area contributed by atoms with Gasteiger partial charge >= 0.3 is 0 Å². The monoisotopic (exact) mass is 216 g/mol. The lowest BCUT2D eigenvalue weighted by Gasteiger charge is -2.22. The minimum absolute atomic E-state index is 0.179. The molecule has 4 N–H and O–H groups in total. The molecule has 0 aromatic rings. The third-order valence-electron chi connectivity index (χ3n) is 2.53. The molecule has 0 saturated carbocycles. The summed E-state index contributed by atoms with van der Waals surface area (Å²) in [6, 6.07) is -0.562. The van der Waals surface area contributed by atoms with Crippen LogP contribution < -0.4 is 11.1 Å². The Morgan fingerprint density at radius 1 is 1.67 bits per heavy atom. The molecule has 1 amide bonds. The standard InChI is InChI=1S/C10H20N2O3/c1-6(2)5-8(9(11)13)12-7-3-4-15-10(7)14/h6-8,10,12,14H,3-5H2,1-2H3,(H2,11,13)/t7-,8-,10?/m0/s1. The van der Waals surface area contributed by atoms with Crippen molar-refractivity contribution in [3.63, 3.8) is 0 Å². The number of nitrogens with two attached hydrogens (primary N) is 1. The summed E-state index contributed by atoms with van der Waals surface area (Å²) < 4.78 is 4.99. The van der Waals surface area contributed by atoms with Crippen molar-refractivity contribution in [1.29, 1.82) is 0 Å². The van der Waals surface area contributed by atoms with Crippen LogP contribution in [0.3, 0.4) is 0 Å². The van der Waals surface area contributed by atoms with Crippen molar-refractivity contribution in [3.05, 3.63) is 0 Å². The molecule has 1 rings (SSSR count). The molecule has 1 aliphatic heterocycles. The molecule has 1 fully saturated rings. The second-order valence-electron chi connectivity index (χ2n) is 4.41. The van der Waals surface area contributed by atoms with Crippen LogP contribution in [0.4, 0.5) is 0 Å². The van der Waals surface area contributed by atoms with Gasteiger partial charge in [-0.25, -0.2) is 0 Å². The number of carbonyl (C=O) groups is 1. The lowest BCUT2D eigenvalue weighted by molar-refractivity contribution is -0.121. The van der Waals surface area contributed by atoms with Crippen LogP contribution in [0, 0.1) is 5.92 Å². The highest BCUT2D eigenvalue weighted by atomic mass is 16.6. The van der Waals surface area contributed by atoms with Gasteiger partial charge in [0.05, 0.1) is 18.7 Å². The largest absolute Gasteiger partial charge is 0.368 e. The van der Waals surface area contributed by atoms with Crippen LogP contribution in [0.1, 0.15) is 26.7 Å². The number of amides is 1. The Balaban J connectivity index is 2.46. The molecule has 1 saturated heterocycles. The maximum atomic E-state index is 11.2. The zero-order valence-corrected chi connectivity index (χ0v) is 9.27. The van der Waals surface area contributed by atoms with E-state index in [-0.39, 0.29) is 18.0 Å². The van der Waals surface area contributed by atoms with Crippen LogP contribution in [-0.2, 0) is 9.53 Å². The normalized spacial score (nSPS) is 28.3. The van der Waals surface area contributed by atoms with Gasteiger partial charge in [-0.05, 0) is 18.8 Å². The fourth-order valence-corrected chi connectivity index (χ4v) is 1.74. The van der Waals surface area contributed by atoms with Crippen molar-refractivity contribution in [2.75, 3.05) is 6.61 Å². The fraction of sp³-hybridized carbons (Fsp3) is 0.900. The molecule has 1 aliphatic rings. The second-order valence-corrected chi connectivity index (χ2v) is 4.41. The zero-order chi connectivity index (χ0) is 11.4. The molecule has 0 spiro atoms. The van der Waals surface area contributed by atoms with E-state index in [0.29, 0.717) is 25.4 Å². The molecule has 0 aliphatic carbocycles. The number of primary amides is 1. The molecule has 88 valence electrons. The number of hydrogen-bond donors (Lipinski definition) is 3. The van der Waals surface area contributed by atoms with Gasteiger partial charge < -0.3 is 15.6 Å². The average Bonchev–Trinajstić information content (AvgIpc) is 2.50. The van der Waals surface area contributed by atoms with Crippen LogP contribution in [-0.4, -0.2) is 36.0 Å². The van der Waals surface area contributed by atoms with E-state index in [1.54, 1.807) is 0 Å². The summed E-state index contributed by atoms with van der Waals surface area (Å²) in [5, 5.41) is 12.5. The fourth-order valence-electron chi connectivity index (χ4n) is 1.74. The number of ether oxygens (including phenoxy) is 1. The summed E-state index contributed by atoms with van der Waals surface area (Å²) in [5.41, 5.74) is 5.28. The molecule has 3 atom stereocenters. The van der Waals surface area contributed by atoms with E-state index in [4.69, 9.17) is 10.5 Å². The minimum atomic E-state index is -0.820. The predicted octanol–water partition coefficient (Wildman–Crippen LogP) is -0.417. The van der Waals surface area contributed by atoms with Gasteiger partial charge in [-0.2, -0.15) is 0 Å². The average molecular weight is 216 g/mol. The Bertz CT molecular complexity index is 221. The van der Waals surface area contributed by atoms with Crippen molar-refractivity contribution in [2.45, 2.75) is 45.1 Å². The van der Waals surface area contributed by atoms with E-state index in [9.17, 15) is 9.90 Å². The van der Waals surface area contributed by atoms with Crippen LogP contribution in [0.15, 0.2) is 0 Å². The minimum Gasteiger partial charge on any atom is -0.368 e. The number of carbonyl (C=O) groups excluding carboxylic acids is 1. The maximum absolute atomic E-state index is 11.2. The predicted molar refractivity (Wildman–Crippen MR) is 55.9 cm³/mol. The van der Waals surface area contributed by atoms with Crippen molar-refractivity contribution >= 4 is 5.91 Å². The van der Waals surface area contributed by atoms with Gasteiger partial charge in [0.2, 0.25) is 5.91 Å². The molecule has 5 nitrogen and oxygen atoms in total. The van der Waals surface area contributed by atoms with Crippen molar-refractivity contribution in [1.82, 2.24) is 5.32 Å². The SMILES string of the molecule is CC(C)C[C@H](N[C@H]1CCOC1O)C(N)=O. The Morgan fingerprint density at radius 2 is 2.33 bits per heavy atom.